The molecule has 24 heavy (non-hydrogen) atoms. The quantitative estimate of drug-likeness (QED) is 0.835. The third kappa shape index (κ3) is 5.26. The van der Waals surface area contributed by atoms with E-state index < -0.39 is 24.5 Å². The van der Waals surface area contributed by atoms with E-state index in [1.165, 1.54) is 24.3 Å². The Morgan fingerprint density at radius 2 is 1.79 bits per heavy atom. The predicted octanol–water partition coefficient (Wildman–Crippen LogP) is 4.01. The van der Waals surface area contributed by atoms with Gasteiger partial charge in [-0.25, -0.2) is 4.39 Å². The molecule has 0 unspecified atom stereocenters. The predicted molar refractivity (Wildman–Crippen MR) is 80.3 cm³/mol. The highest BCUT2D eigenvalue weighted by Gasteiger charge is 2.28. The van der Waals surface area contributed by atoms with Crippen LogP contribution < -0.4 is 10.1 Å². The van der Waals surface area contributed by atoms with E-state index in [0.717, 1.165) is 6.07 Å². The third-order valence-electron chi connectivity index (χ3n) is 3.21. The molecule has 128 valence electrons. The molecule has 0 aliphatic heterocycles. The summed E-state index contributed by atoms with van der Waals surface area (Å²) in [5, 5.41) is 2.61. The van der Waals surface area contributed by atoms with Gasteiger partial charge in [0.1, 0.15) is 11.6 Å². The summed E-state index contributed by atoms with van der Waals surface area (Å²) in [5.41, 5.74) is 1.32. The Balaban J connectivity index is 1.89. The number of nitrogens with one attached hydrogen (secondary N) is 1. The van der Waals surface area contributed by atoms with Gasteiger partial charge in [-0.1, -0.05) is 18.2 Å². The van der Waals surface area contributed by atoms with Gasteiger partial charge in [-0.2, -0.15) is 13.2 Å². The van der Waals surface area contributed by atoms with Gasteiger partial charge in [-0.3, -0.25) is 4.79 Å². The first-order valence-corrected chi connectivity index (χ1v) is 7.07. The second kappa shape index (κ2) is 7.33. The maximum atomic E-state index is 13.4. The average Bonchev–Trinajstić information content (AvgIpc) is 2.53. The molecule has 0 saturated heterocycles. The van der Waals surface area contributed by atoms with E-state index in [1.54, 1.807) is 19.1 Å². The number of hydrogen-bond donors (Lipinski definition) is 1. The van der Waals surface area contributed by atoms with Crippen LogP contribution in [0.1, 0.15) is 21.5 Å². The van der Waals surface area contributed by atoms with Gasteiger partial charge in [0.2, 0.25) is 0 Å². The van der Waals surface area contributed by atoms with Gasteiger partial charge >= 0.3 is 6.18 Å². The average molecular weight is 341 g/mol. The molecule has 2 aromatic carbocycles. The van der Waals surface area contributed by atoms with Crippen LogP contribution in [0.4, 0.5) is 17.6 Å². The van der Waals surface area contributed by atoms with Crippen LogP contribution in [-0.2, 0) is 6.54 Å². The normalized spacial score (nSPS) is 11.2. The number of aryl methyl sites for hydroxylation is 1. The third-order valence-corrected chi connectivity index (χ3v) is 3.21. The molecule has 0 aliphatic rings. The van der Waals surface area contributed by atoms with Crippen LogP contribution in [0.5, 0.6) is 5.75 Å². The smallest absolute Gasteiger partial charge is 0.422 e. The molecule has 0 aromatic heterocycles. The van der Waals surface area contributed by atoms with Gasteiger partial charge in [0.25, 0.3) is 5.91 Å². The summed E-state index contributed by atoms with van der Waals surface area (Å²) in [6, 6.07) is 10.0. The van der Waals surface area contributed by atoms with E-state index in [1.807, 2.05) is 0 Å². The van der Waals surface area contributed by atoms with E-state index in [0.29, 0.717) is 11.1 Å². The maximum absolute atomic E-state index is 13.4. The van der Waals surface area contributed by atoms with Crippen molar-refractivity contribution in [1.82, 2.24) is 5.32 Å². The Labute approximate surface area is 136 Å². The van der Waals surface area contributed by atoms with Crippen LogP contribution in [0.25, 0.3) is 0 Å². The van der Waals surface area contributed by atoms with E-state index >= 15 is 0 Å². The van der Waals surface area contributed by atoms with Crippen molar-refractivity contribution in [2.75, 3.05) is 6.61 Å². The second-order valence-corrected chi connectivity index (χ2v) is 5.19. The van der Waals surface area contributed by atoms with Crippen molar-refractivity contribution in [1.29, 1.82) is 0 Å². The first-order valence-electron chi connectivity index (χ1n) is 7.07. The number of ether oxygens (including phenoxy) is 1. The SMILES string of the molecule is Cc1ccc(C(=O)NCc2ccc(OCC(F)(F)F)cc2)cc1F. The number of rotatable bonds is 5. The Morgan fingerprint density at radius 1 is 1.12 bits per heavy atom. The number of hydrogen-bond acceptors (Lipinski definition) is 2. The van der Waals surface area contributed by atoms with Crippen molar-refractivity contribution in [2.24, 2.45) is 0 Å². The first-order chi connectivity index (χ1) is 11.2. The molecule has 3 nitrogen and oxygen atoms in total. The minimum Gasteiger partial charge on any atom is -0.484 e. The van der Waals surface area contributed by atoms with Gasteiger partial charge in [0.15, 0.2) is 6.61 Å². The molecule has 2 rings (SSSR count). The monoisotopic (exact) mass is 341 g/mol. The zero-order valence-corrected chi connectivity index (χ0v) is 12.8. The summed E-state index contributed by atoms with van der Waals surface area (Å²) in [7, 11) is 0. The van der Waals surface area contributed by atoms with E-state index in [9.17, 15) is 22.4 Å². The number of carbonyl (C=O) groups excluding carboxylic acids is 1. The van der Waals surface area contributed by atoms with E-state index in [-0.39, 0.29) is 17.9 Å². The van der Waals surface area contributed by atoms with E-state index in [4.69, 9.17) is 0 Å². The molecule has 1 amide bonds. The van der Waals surface area contributed by atoms with Crippen LogP contribution >= 0.6 is 0 Å². The summed E-state index contributed by atoms with van der Waals surface area (Å²) < 4.78 is 54.2. The van der Waals surface area contributed by atoms with Crippen molar-refractivity contribution in [3.63, 3.8) is 0 Å². The fraction of sp³-hybridized carbons (Fsp3) is 0.235. The number of halogens is 4. The fourth-order valence-corrected chi connectivity index (χ4v) is 1.89. The van der Waals surface area contributed by atoms with Crippen LogP contribution in [0.3, 0.4) is 0 Å². The number of alkyl halides is 3. The minimum atomic E-state index is -4.39. The molecular formula is C17H15F4NO2. The lowest BCUT2D eigenvalue weighted by molar-refractivity contribution is -0.153. The van der Waals surface area contributed by atoms with Gasteiger partial charge in [0, 0.05) is 12.1 Å². The summed E-state index contributed by atoms with van der Waals surface area (Å²) >= 11 is 0. The molecule has 0 atom stereocenters. The summed E-state index contributed by atoms with van der Waals surface area (Å²) in [6.45, 7) is 0.398. The lowest BCUT2D eigenvalue weighted by atomic mass is 10.1. The fourth-order valence-electron chi connectivity index (χ4n) is 1.89. The largest absolute Gasteiger partial charge is 0.484 e. The first kappa shape index (κ1) is 17.8. The Morgan fingerprint density at radius 3 is 2.38 bits per heavy atom. The molecule has 7 heteroatoms. The van der Waals surface area contributed by atoms with Gasteiger partial charge in [-0.15, -0.1) is 0 Å². The maximum Gasteiger partial charge on any atom is 0.422 e. The Hall–Kier alpha value is -2.57. The molecule has 0 radical (unpaired) electrons. The lowest BCUT2D eigenvalue weighted by Gasteiger charge is -2.10. The molecule has 0 heterocycles. The molecule has 0 aliphatic carbocycles. The van der Waals surface area contributed by atoms with Gasteiger partial charge in [-0.05, 0) is 42.3 Å². The van der Waals surface area contributed by atoms with Crippen molar-refractivity contribution in [2.45, 2.75) is 19.6 Å². The van der Waals surface area contributed by atoms with Crippen molar-refractivity contribution in [3.05, 3.63) is 65.0 Å². The summed E-state index contributed by atoms with van der Waals surface area (Å²) in [5.74, 6) is -0.817. The molecule has 1 N–H and O–H groups in total. The number of carbonyl (C=O) groups is 1. The lowest BCUT2D eigenvalue weighted by Crippen LogP contribution is -2.23. The molecular weight excluding hydrogens is 326 g/mol. The zero-order valence-electron chi connectivity index (χ0n) is 12.8. The molecule has 0 saturated carbocycles. The van der Waals surface area contributed by atoms with Crippen LogP contribution in [0, 0.1) is 12.7 Å². The topological polar surface area (TPSA) is 38.3 Å². The molecule has 0 spiro atoms. The molecule has 2 aromatic rings. The van der Waals surface area contributed by atoms with Crippen LogP contribution in [0.2, 0.25) is 0 Å². The van der Waals surface area contributed by atoms with Gasteiger partial charge in [0.05, 0.1) is 0 Å². The highest BCUT2D eigenvalue weighted by molar-refractivity contribution is 5.94. The van der Waals surface area contributed by atoms with Crippen molar-refractivity contribution < 1.29 is 27.1 Å². The standard InChI is InChI=1S/C17H15F4NO2/c1-11-2-5-13(8-15(11)18)16(23)22-9-12-3-6-14(7-4-12)24-10-17(19,20)21/h2-8H,9-10H2,1H3,(H,22,23). The Kier molecular flexibility index (Phi) is 5.43. The Bertz CT molecular complexity index is 712. The van der Waals surface area contributed by atoms with Gasteiger partial charge < -0.3 is 10.1 Å². The zero-order chi connectivity index (χ0) is 17.7. The second-order valence-electron chi connectivity index (χ2n) is 5.19. The molecule has 0 fully saturated rings. The molecule has 0 bridgehead atoms. The van der Waals surface area contributed by atoms with Crippen molar-refractivity contribution >= 4 is 5.91 Å². The highest BCUT2D eigenvalue weighted by Crippen LogP contribution is 2.19. The minimum absolute atomic E-state index is 0.0861. The number of benzene rings is 2. The number of amides is 1. The van der Waals surface area contributed by atoms with Crippen molar-refractivity contribution in [3.8, 4) is 5.75 Å². The van der Waals surface area contributed by atoms with E-state index in [2.05, 4.69) is 10.1 Å². The summed E-state index contributed by atoms with van der Waals surface area (Å²) in [6.07, 6.45) is -4.39. The summed E-state index contributed by atoms with van der Waals surface area (Å²) in [4.78, 5) is 11.9. The van der Waals surface area contributed by atoms with Crippen LogP contribution in [-0.4, -0.2) is 18.7 Å². The highest BCUT2D eigenvalue weighted by atomic mass is 19.4. The van der Waals surface area contributed by atoms with Crippen LogP contribution in [0.15, 0.2) is 42.5 Å².